The molecule has 24 heavy (non-hydrogen) atoms. The van der Waals surface area contributed by atoms with Crippen LogP contribution in [0.5, 0.6) is 5.75 Å². The third kappa shape index (κ3) is 2.82. The Balaban J connectivity index is 2.26. The Bertz CT molecular complexity index is 878. The van der Waals surface area contributed by atoms with E-state index in [9.17, 15) is 13.9 Å². The van der Waals surface area contributed by atoms with Crippen molar-refractivity contribution >= 4 is 11.2 Å². The van der Waals surface area contributed by atoms with Gasteiger partial charge in [-0.1, -0.05) is 12.1 Å². The molecule has 126 valence electrons. The minimum absolute atomic E-state index is 0.124. The Labute approximate surface area is 137 Å². The van der Waals surface area contributed by atoms with Crippen molar-refractivity contribution in [2.75, 3.05) is 13.7 Å². The molecule has 0 aliphatic heterocycles. The van der Waals surface area contributed by atoms with Crippen LogP contribution in [0.1, 0.15) is 17.8 Å². The molecule has 0 radical (unpaired) electrons. The van der Waals surface area contributed by atoms with Crippen molar-refractivity contribution in [2.45, 2.75) is 19.9 Å². The fourth-order valence-corrected chi connectivity index (χ4v) is 2.69. The SMILES string of the molecule is COc1cccc(-c2cc(C(F)F)c3nc(C)n(CCO)c3n2)c1. The number of aliphatic hydroxyl groups excluding tert-OH is 1. The molecular formula is C17H17F2N3O2. The van der Waals surface area contributed by atoms with Crippen LogP contribution in [0.15, 0.2) is 30.3 Å². The first kappa shape index (κ1) is 16.3. The second-order valence-corrected chi connectivity index (χ2v) is 5.34. The third-order valence-electron chi connectivity index (χ3n) is 3.85. The normalized spacial score (nSPS) is 11.4. The van der Waals surface area contributed by atoms with Gasteiger partial charge in [0.2, 0.25) is 0 Å². The molecule has 2 aromatic heterocycles. The summed E-state index contributed by atoms with van der Waals surface area (Å²) in [5.74, 6) is 1.16. The lowest BCUT2D eigenvalue weighted by Crippen LogP contribution is -2.05. The van der Waals surface area contributed by atoms with Crippen molar-refractivity contribution in [2.24, 2.45) is 0 Å². The largest absolute Gasteiger partial charge is 0.497 e. The van der Waals surface area contributed by atoms with Crippen LogP contribution in [0, 0.1) is 6.92 Å². The number of fused-ring (bicyclic) bond motifs is 1. The molecule has 0 bridgehead atoms. The third-order valence-corrected chi connectivity index (χ3v) is 3.85. The molecular weight excluding hydrogens is 316 g/mol. The van der Waals surface area contributed by atoms with Crippen LogP contribution < -0.4 is 4.74 Å². The number of nitrogens with zero attached hydrogens (tertiary/aromatic N) is 3. The number of benzene rings is 1. The lowest BCUT2D eigenvalue weighted by molar-refractivity contribution is 0.153. The van der Waals surface area contributed by atoms with E-state index in [1.165, 1.54) is 6.07 Å². The van der Waals surface area contributed by atoms with Crippen LogP contribution in [0.4, 0.5) is 8.78 Å². The minimum atomic E-state index is -2.67. The highest BCUT2D eigenvalue weighted by Gasteiger charge is 2.20. The summed E-state index contributed by atoms with van der Waals surface area (Å²) in [5, 5.41) is 9.21. The summed E-state index contributed by atoms with van der Waals surface area (Å²) in [7, 11) is 1.54. The Hall–Kier alpha value is -2.54. The van der Waals surface area contributed by atoms with Crippen molar-refractivity contribution < 1.29 is 18.6 Å². The maximum absolute atomic E-state index is 13.5. The number of ether oxygens (including phenoxy) is 1. The van der Waals surface area contributed by atoms with Crippen LogP contribution in [-0.2, 0) is 6.54 Å². The lowest BCUT2D eigenvalue weighted by Gasteiger charge is -2.09. The second kappa shape index (κ2) is 6.52. The lowest BCUT2D eigenvalue weighted by atomic mass is 10.1. The van der Waals surface area contributed by atoms with Gasteiger partial charge in [0.05, 0.1) is 19.4 Å². The topological polar surface area (TPSA) is 60.2 Å². The van der Waals surface area contributed by atoms with Crippen LogP contribution in [0.3, 0.4) is 0 Å². The van der Waals surface area contributed by atoms with Crippen LogP contribution in [0.25, 0.3) is 22.4 Å². The highest BCUT2D eigenvalue weighted by molar-refractivity contribution is 5.80. The summed E-state index contributed by atoms with van der Waals surface area (Å²) in [5.41, 5.74) is 1.43. The fourth-order valence-electron chi connectivity index (χ4n) is 2.69. The van der Waals surface area contributed by atoms with Crippen molar-refractivity contribution in [3.05, 3.63) is 41.7 Å². The van der Waals surface area contributed by atoms with Gasteiger partial charge in [0, 0.05) is 17.7 Å². The Morgan fingerprint density at radius 3 is 2.71 bits per heavy atom. The number of imidazole rings is 1. The van der Waals surface area contributed by atoms with Crippen LogP contribution in [0.2, 0.25) is 0 Å². The number of halogens is 2. The first-order valence-electron chi connectivity index (χ1n) is 7.46. The summed E-state index contributed by atoms with van der Waals surface area (Å²) < 4.78 is 33.9. The minimum Gasteiger partial charge on any atom is -0.497 e. The number of pyridine rings is 1. The molecule has 7 heteroatoms. The Morgan fingerprint density at radius 1 is 1.25 bits per heavy atom. The van der Waals surface area contributed by atoms with Gasteiger partial charge in [-0.3, -0.25) is 0 Å². The number of aryl methyl sites for hydroxylation is 1. The molecule has 0 saturated heterocycles. The summed E-state index contributed by atoms with van der Waals surface area (Å²) >= 11 is 0. The monoisotopic (exact) mass is 333 g/mol. The molecule has 3 rings (SSSR count). The molecule has 0 fully saturated rings. The first-order valence-corrected chi connectivity index (χ1v) is 7.46. The Kier molecular flexibility index (Phi) is 4.44. The molecule has 0 aliphatic rings. The fraction of sp³-hybridized carbons (Fsp3) is 0.294. The van der Waals surface area contributed by atoms with Crippen LogP contribution >= 0.6 is 0 Å². The molecule has 0 atom stereocenters. The van der Waals surface area contributed by atoms with Gasteiger partial charge in [0.25, 0.3) is 6.43 Å². The Morgan fingerprint density at radius 2 is 2.04 bits per heavy atom. The standard InChI is InChI=1S/C17H17F2N3O2/c1-10-20-15-13(16(18)19)9-14(21-17(15)22(10)6-7-23)11-4-3-5-12(8-11)24-2/h3-5,8-9,16,23H,6-7H2,1-2H3. The van der Waals surface area contributed by atoms with Gasteiger partial charge < -0.3 is 14.4 Å². The zero-order valence-electron chi connectivity index (χ0n) is 13.3. The number of hydrogen-bond acceptors (Lipinski definition) is 4. The molecule has 2 heterocycles. The predicted octanol–water partition coefficient (Wildman–Crippen LogP) is 3.35. The van der Waals surface area contributed by atoms with E-state index in [-0.39, 0.29) is 24.2 Å². The van der Waals surface area contributed by atoms with E-state index in [0.29, 0.717) is 28.5 Å². The predicted molar refractivity (Wildman–Crippen MR) is 86.3 cm³/mol. The van der Waals surface area contributed by atoms with Crippen LogP contribution in [-0.4, -0.2) is 33.4 Å². The van der Waals surface area contributed by atoms with E-state index in [0.717, 1.165) is 0 Å². The first-order chi connectivity index (χ1) is 11.5. The van der Waals surface area contributed by atoms with E-state index < -0.39 is 6.43 Å². The zero-order chi connectivity index (χ0) is 17.3. The van der Waals surface area contributed by atoms with E-state index in [4.69, 9.17) is 4.74 Å². The average Bonchev–Trinajstić information content (AvgIpc) is 2.90. The molecule has 0 aliphatic carbocycles. The quantitative estimate of drug-likeness (QED) is 0.778. The maximum atomic E-state index is 13.5. The highest BCUT2D eigenvalue weighted by Crippen LogP contribution is 2.32. The molecule has 0 unspecified atom stereocenters. The number of alkyl halides is 2. The van der Waals surface area contributed by atoms with E-state index >= 15 is 0 Å². The van der Waals surface area contributed by atoms with Crippen molar-refractivity contribution in [1.82, 2.24) is 14.5 Å². The molecule has 0 saturated carbocycles. The smallest absolute Gasteiger partial charge is 0.266 e. The number of rotatable bonds is 5. The van der Waals surface area contributed by atoms with Gasteiger partial charge in [-0.2, -0.15) is 0 Å². The van der Waals surface area contributed by atoms with E-state index in [1.54, 1.807) is 42.9 Å². The van der Waals surface area contributed by atoms with Gasteiger partial charge in [-0.25, -0.2) is 18.7 Å². The number of methoxy groups -OCH3 is 1. The molecule has 3 aromatic rings. The van der Waals surface area contributed by atoms with E-state index in [1.807, 2.05) is 0 Å². The number of aromatic nitrogens is 3. The molecule has 0 amide bonds. The van der Waals surface area contributed by atoms with Gasteiger partial charge in [0.15, 0.2) is 5.65 Å². The highest BCUT2D eigenvalue weighted by atomic mass is 19.3. The summed E-state index contributed by atoms with van der Waals surface area (Å²) in [4.78, 5) is 8.71. The molecule has 1 N–H and O–H groups in total. The summed E-state index contributed by atoms with van der Waals surface area (Å²) in [6.07, 6.45) is -2.67. The number of aliphatic hydroxyl groups is 1. The molecule has 1 aromatic carbocycles. The van der Waals surface area contributed by atoms with Gasteiger partial charge in [-0.15, -0.1) is 0 Å². The van der Waals surface area contributed by atoms with E-state index in [2.05, 4.69) is 9.97 Å². The average molecular weight is 333 g/mol. The van der Waals surface area contributed by atoms with Crippen molar-refractivity contribution in [3.63, 3.8) is 0 Å². The van der Waals surface area contributed by atoms with Crippen molar-refractivity contribution in [1.29, 1.82) is 0 Å². The van der Waals surface area contributed by atoms with Gasteiger partial charge >= 0.3 is 0 Å². The summed E-state index contributed by atoms with van der Waals surface area (Å²) in [6.45, 7) is 1.83. The molecule has 5 nitrogen and oxygen atoms in total. The van der Waals surface area contributed by atoms with Gasteiger partial charge in [0.1, 0.15) is 17.1 Å². The van der Waals surface area contributed by atoms with Crippen molar-refractivity contribution in [3.8, 4) is 17.0 Å². The van der Waals surface area contributed by atoms with Gasteiger partial charge in [-0.05, 0) is 25.1 Å². The molecule has 0 spiro atoms. The second-order valence-electron chi connectivity index (χ2n) is 5.34. The summed E-state index contributed by atoms with van der Waals surface area (Å²) in [6, 6.07) is 8.43. The number of hydrogen-bond donors (Lipinski definition) is 1. The maximum Gasteiger partial charge on any atom is 0.266 e. The zero-order valence-corrected chi connectivity index (χ0v) is 13.3.